The number of hydrogen-bond donors (Lipinski definition) is 1. The second-order valence-electron chi connectivity index (χ2n) is 6.06. The van der Waals surface area contributed by atoms with E-state index in [0.29, 0.717) is 24.3 Å². The van der Waals surface area contributed by atoms with Crippen LogP contribution in [0.4, 0.5) is 0 Å². The number of benzene rings is 1. The van der Waals surface area contributed by atoms with Crippen molar-refractivity contribution in [3.63, 3.8) is 0 Å². The number of piperidine rings is 1. The fourth-order valence-corrected chi connectivity index (χ4v) is 2.88. The highest BCUT2D eigenvalue weighted by Crippen LogP contribution is 2.25. The highest BCUT2D eigenvalue weighted by Gasteiger charge is 2.32. The molecule has 0 spiro atoms. The van der Waals surface area contributed by atoms with E-state index >= 15 is 0 Å². The number of hydrogen-bond acceptors (Lipinski definition) is 5. The van der Waals surface area contributed by atoms with Crippen LogP contribution >= 0.6 is 0 Å². The average molecular weight is 349 g/mol. The summed E-state index contributed by atoms with van der Waals surface area (Å²) < 4.78 is 10.7. The zero-order valence-electron chi connectivity index (χ0n) is 14.4. The average Bonchev–Trinajstić information content (AvgIpc) is 2.60. The summed E-state index contributed by atoms with van der Waals surface area (Å²) in [5, 5.41) is 8.66. The standard InChI is InChI=1S/C18H23NO6/c1-12(14-6-5-7-15(10-14)24-11-17(21)22)25-18(23)16-8-3-4-9-19(16)13(2)20/h5-7,10,12,16H,3-4,8-9,11H2,1-2H3,(H,21,22)/t12-,16+/m1/s1. The third kappa shape index (κ3) is 5.20. The smallest absolute Gasteiger partial charge is 0.341 e. The van der Waals surface area contributed by atoms with E-state index in [1.165, 1.54) is 6.92 Å². The van der Waals surface area contributed by atoms with Crippen LogP contribution in [-0.2, 0) is 19.1 Å². The van der Waals surface area contributed by atoms with Gasteiger partial charge in [-0.1, -0.05) is 12.1 Å². The van der Waals surface area contributed by atoms with Crippen LogP contribution in [-0.4, -0.2) is 47.0 Å². The molecule has 1 saturated heterocycles. The molecule has 7 heteroatoms. The highest BCUT2D eigenvalue weighted by atomic mass is 16.5. The normalized spacial score (nSPS) is 18.3. The first kappa shape index (κ1) is 18.8. The van der Waals surface area contributed by atoms with E-state index in [-0.39, 0.29) is 5.91 Å². The fourth-order valence-electron chi connectivity index (χ4n) is 2.88. The van der Waals surface area contributed by atoms with Crippen LogP contribution in [0.2, 0.25) is 0 Å². The molecule has 0 saturated carbocycles. The number of esters is 1. The van der Waals surface area contributed by atoms with Gasteiger partial charge >= 0.3 is 11.9 Å². The van der Waals surface area contributed by atoms with Gasteiger partial charge in [0.05, 0.1) is 0 Å². The van der Waals surface area contributed by atoms with Crippen molar-refractivity contribution in [3.05, 3.63) is 29.8 Å². The monoisotopic (exact) mass is 349 g/mol. The molecule has 2 rings (SSSR count). The van der Waals surface area contributed by atoms with Crippen LogP contribution in [0.1, 0.15) is 44.8 Å². The van der Waals surface area contributed by atoms with Crippen molar-refractivity contribution in [1.29, 1.82) is 0 Å². The number of amides is 1. The number of carboxylic acid groups (broad SMARTS) is 1. The first-order valence-corrected chi connectivity index (χ1v) is 8.30. The minimum Gasteiger partial charge on any atom is -0.482 e. The molecular formula is C18H23NO6. The van der Waals surface area contributed by atoms with Crippen molar-refractivity contribution in [3.8, 4) is 5.75 Å². The lowest BCUT2D eigenvalue weighted by molar-refractivity contribution is -0.160. The van der Waals surface area contributed by atoms with Gasteiger partial charge in [-0.3, -0.25) is 4.79 Å². The number of carboxylic acids is 1. The van der Waals surface area contributed by atoms with Crippen LogP contribution in [0.5, 0.6) is 5.75 Å². The Hall–Kier alpha value is -2.57. The molecule has 1 amide bonds. The van der Waals surface area contributed by atoms with E-state index in [9.17, 15) is 14.4 Å². The third-order valence-corrected chi connectivity index (χ3v) is 4.16. The largest absolute Gasteiger partial charge is 0.482 e. The minimum absolute atomic E-state index is 0.127. The second kappa shape index (κ2) is 8.50. The number of carbonyl (C=O) groups is 3. The zero-order valence-corrected chi connectivity index (χ0v) is 14.4. The maximum atomic E-state index is 12.5. The molecule has 2 atom stereocenters. The van der Waals surface area contributed by atoms with Crippen molar-refractivity contribution in [2.45, 2.75) is 45.3 Å². The maximum Gasteiger partial charge on any atom is 0.341 e. The topological polar surface area (TPSA) is 93.1 Å². The van der Waals surface area contributed by atoms with Gasteiger partial charge in [0, 0.05) is 13.5 Å². The van der Waals surface area contributed by atoms with Crippen LogP contribution in [0.25, 0.3) is 0 Å². The van der Waals surface area contributed by atoms with Crippen molar-refractivity contribution in [2.24, 2.45) is 0 Å². The van der Waals surface area contributed by atoms with Crippen molar-refractivity contribution in [1.82, 2.24) is 4.90 Å². The molecule has 0 aliphatic carbocycles. The molecule has 136 valence electrons. The molecule has 1 aliphatic rings. The Morgan fingerprint density at radius 2 is 2.08 bits per heavy atom. The van der Waals surface area contributed by atoms with Gasteiger partial charge in [-0.2, -0.15) is 0 Å². The summed E-state index contributed by atoms with van der Waals surface area (Å²) >= 11 is 0. The van der Waals surface area contributed by atoms with Crippen LogP contribution in [0.3, 0.4) is 0 Å². The maximum absolute atomic E-state index is 12.5. The zero-order chi connectivity index (χ0) is 18.4. The lowest BCUT2D eigenvalue weighted by Crippen LogP contribution is -2.47. The Bertz CT molecular complexity index is 644. The van der Waals surface area contributed by atoms with E-state index in [1.54, 1.807) is 36.1 Å². The Morgan fingerprint density at radius 1 is 1.32 bits per heavy atom. The van der Waals surface area contributed by atoms with Crippen molar-refractivity contribution < 1.29 is 29.0 Å². The molecule has 25 heavy (non-hydrogen) atoms. The fraction of sp³-hybridized carbons (Fsp3) is 0.500. The summed E-state index contributed by atoms with van der Waals surface area (Å²) in [5.74, 6) is -1.21. The molecule has 1 fully saturated rings. The van der Waals surface area contributed by atoms with Crippen LogP contribution in [0.15, 0.2) is 24.3 Å². The Balaban J connectivity index is 2.01. The lowest BCUT2D eigenvalue weighted by atomic mass is 10.0. The van der Waals surface area contributed by atoms with E-state index in [4.69, 9.17) is 14.6 Å². The molecule has 1 N–H and O–H groups in total. The summed E-state index contributed by atoms with van der Waals surface area (Å²) in [7, 11) is 0. The summed E-state index contributed by atoms with van der Waals surface area (Å²) in [6.45, 7) is 3.32. The molecule has 1 aromatic rings. The van der Waals surface area contributed by atoms with Gasteiger partial charge in [-0.25, -0.2) is 9.59 Å². The van der Waals surface area contributed by atoms with Gasteiger partial charge in [0.15, 0.2) is 6.61 Å². The Kier molecular flexibility index (Phi) is 6.38. The van der Waals surface area contributed by atoms with Crippen molar-refractivity contribution >= 4 is 17.8 Å². The van der Waals surface area contributed by atoms with Crippen molar-refractivity contribution in [2.75, 3.05) is 13.2 Å². The molecule has 1 aliphatic heterocycles. The molecule has 0 bridgehead atoms. The molecule has 1 aromatic carbocycles. The number of rotatable bonds is 6. The molecule has 0 radical (unpaired) electrons. The van der Waals surface area contributed by atoms with E-state index in [0.717, 1.165) is 12.8 Å². The van der Waals surface area contributed by atoms with Gasteiger partial charge in [-0.15, -0.1) is 0 Å². The summed E-state index contributed by atoms with van der Waals surface area (Å²) in [4.78, 5) is 36.3. The van der Waals surface area contributed by atoms with E-state index in [1.807, 2.05) is 0 Å². The predicted octanol–water partition coefficient (Wildman–Crippen LogP) is 2.16. The molecule has 0 aromatic heterocycles. The Labute approximate surface area is 146 Å². The third-order valence-electron chi connectivity index (χ3n) is 4.16. The lowest BCUT2D eigenvalue weighted by Gasteiger charge is -2.33. The number of nitrogens with zero attached hydrogens (tertiary/aromatic N) is 1. The van der Waals surface area contributed by atoms with Gasteiger partial charge < -0.3 is 19.5 Å². The van der Waals surface area contributed by atoms with E-state index in [2.05, 4.69) is 0 Å². The highest BCUT2D eigenvalue weighted by molar-refractivity contribution is 5.83. The summed E-state index contributed by atoms with van der Waals surface area (Å²) in [6, 6.07) is 6.22. The molecular weight excluding hydrogens is 326 g/mol. The van der Waals surface area contributed by atoms with Crippen LogP contribution in [0, 0.1) is 0 Å². The summed E-state index contributed by atoms with van der Waals surface area (Å²) in [6.07, 6.45) is 1.85. The number of aliphatic carboxylic acids is 1. The first-order valence-electron chi connectivity index (χ1n) is 8.30. The first-order chi connectivity index (χ1) is 11.9. The summed E-state index contributed by atoms with van der Waals surface area (Å²) in [5.41, 5.74) is 0.696. The van der Waals surface area contributed by atoms with E-state index < -0.39 is 30.7 Å². The quantitative estimate of drug-likeness (QED) is 0.791. The minimum atomic E-state index is -1.06. The predicted molar refractivity (Wildman–Crippen MR) is 89.1 cm³/mol. The van der Waals surface area contributed by atoms with Crippen LogP contribution < -0.4 is 4.74 Å². The number of carbonyl (C=O) groups excluding carboxylic acids is 2. The molecule has 1 heterocycles. The molecule has 0 unspecified atom stereocenters. The SMILES string of the molecule is CC(=O)N1CCCC[C@H]1C(=O)O[C@H](C)c1cccc(OCC(=O)O)c1. The molecule has 7 nitrogen and oxygen atoms in total. The second-order valence-corrected chi connectivity index (χ2v) is 6.06. The number of ether oxygens (including phenoxy) is 2. The van der Waals surface area contributed by atoms with Gasteiger partial charge in [0.2, 0.25) is 5.91 Å². The van der Waals surface area contributed by atoms with Gasteiger partial charge in [0.25, 0.3) is 0 Å². The van der Waals surface area contributed by atoms with Gasteiger partial charge in [-0.05, 0) is 43.9 Å². The van der Waals surface area contributed by atoms with Gasteiger partial charge in [0.1, 0.15) is 17.9 Å². The number of likely N-dealkylation sites (tertiary alicyclic amines) is 1. The Morgan fingerprint density at radius 3 is 2.76 bits per heavy atom.